The molecule has 14 heavy (non-hydrogen) atoms. The van der Waals surface area contributed by atoms with Gasteiger partial charge in [0.1, 0.15) is 6.07 Å². The van der Waals surface area contributed by atoms with E-state index < -0.39 is 5.91 Å². The van der Waals surface area contributed by atoms with Crippen LogP contribution in [0.3, 0.4) is 0 Å². The molecule has 0 saturated carbocycles. The Bertz CT molecular complexity index is 384. The van der Waals surface area contributed by atoms with Gasteiger partial charge < -0.3 is 10.6 Å². The van der Waals surface area contributed by atoms with Gasteiger partial charge >= 0.3 is 0 Å². The number of anilines is 1. The molecule has 0 atom stereocenters. The molecule has 0 spiro atoms. The SMILES string of the molecule is CN(CC(N)=O)c1nnccc1C#N. The van der Waals surface area contributed by atoms with Crippen LogP contribution in [0.4, 0.5) is 5.82 Å². The van der Waals surface area contributed by atoms with Crippen LogP contribution in [0.25, 0.3) is 0 Å². The molecule has 0 radical (unpaired) electrons. The maximum absolute atomic E-state index is 10.6. The van der Waals surface area contributed by atoms with Crippen LogP contribution in [0.2, 0.25) is 0 Å². The van der Waals surface area contributed by atoms with Crippen LogP contribution in [0.5, 0.6) is 0 Å². The molecule has 0 fully saturated rings. The molecule has 1 aromatic heterocycles. The van der Waals surface area contributed by atoms with Crippen LogP contribution >= 0.6 is 0 Å². The molecule has 0 aromatic carbocycles. The summed E-state index contributed by atoms with van der Waals surface area (Å²) in [4.78, 5) is 12.1. The maximum atomic E-state index is 10.6. The van der Waals surface area contributed by atoms with Crippen LogP contribution in [0.1, 0.15) is 5.56 Å². The lowest BCUT2D eigenvalue weighted by atomic mass is 10.3. The first kappa shape index (κ1) is 9.92. The highest BCUT2D eigenvalue weighted by Crippen LogP contribution is 2.12. The third kappa shape index (κ3) is 2.17. The van der Waals surface area contributed by atoms with Crippen molar-refractivity contribution in [3.63, 3.8) is 0 Å². The number of nitriles is 1. The van der Waals surface area contributed by atoms with E-state index in [0.29, 0.717) is 11.4 Å². The Morgan fingerprint density at radius 1 is 1.79 bits per heavy atom. The van der Waals surface area contributed by atoms with Crippen molar-refractivity contribution in [1.29, 1.82) is 5.26 Å². The summed E-state index contributed by atoms with van der Waals surface area (Å²) in [6, 6.07) is 3.48. The van der Waals surface area contributed by atoms with E-state index in [1.165, 1.54) is 17.2 Å². The highest BCUT2D eigenvalue weighted by molar-refractivity contribution is 5.79. The van der Waals surface area contributed by atoms with E-state index in [2.05, 4.69) is 10.2 Å². The van der Waals surface area contributed by atoms with Crippen molar-refractivity contribution < 1.29 is 4.79 Å². The van der Waals surface area contributed by atoms with Crippen molar-refractivity contribution in [3.8, 4) is 6.07 Å². The van der Waals surface area contributed by atoms with Gasteiger partial charge in [-0.25, -0.2) is 0 Å². The van der Waals surface area contributed by atoms with Gasteiger partial charge in [-0.2, -0.15) is 10.4 Å². The van der Waals surface area contributed by atoms with E-state index in [4.69, 9.17) is 11.0 Å². The molecular formula is C8H9N5O. The predicted molar refractivity (Wildman–Crippen MR) is 49.2 cm³/mol. The first-order valence-electron chi connectivity index (χ1n) is 3.86. The number of hydrogen-bond acceptors (Lipinski definition) is 5. The first-order chi connectivity index (χ1) is 6.65. The number of nitrogens with zero attached hydrogens (tertiary/aromatic N) is 4. The Hall–Kier alpha value is -2.16. The highest BCUT2D eigenvalue weighted by Gasteiger charge is 2.10. The molecule has 0 saturated heterocycles. The second-order valence-electron chi connectivity index (χ2n) is 2.70. The number of rotatable bonds is 3. The fourth-order valence-electron chi connectivity index (χ4n) is 1.00. The van der Waals surface area contributed by atoms with E-state index in [1.807, 2.05) is 6.07 Å². The molecule has 6 heteroatoms. The molecule has 6 nitrogen and oxygen atoms in total. The van der Waals surface area contributed by atoms with Gasteiger partial charge in [0.05, 0.1) is 18.3 Å². The number of nitrogens with two attached hydrogens (primary N) is 1. The fraction of sp³-hybridized carbons (Fsp3) is 0.250. The monoisotopic (exact) mass is 191 g/mol. The van der Waals surface area contributed by atoms with Gasteiger partial charge in [0, 0.05) is 7.05 Å². The van der Waals surface area contributed by atoms with Crippen molar-refractivity contribution in [3.05, 3.63) is 17.8 Å². The highest BCUT2D eigenvalue weighted by atomic mass is 16.1. The smallest absolute Gasteiger partial charge is 0.236 e. The van der Waals surface area contributed by atoms with Crippen molar-refractivity contribution in [2.24, 2.45) is 5.73 Å². The minimum Gasteiger partial charge on any atom is -0.368 e. The van der Waals surface area contributed by atoms with E-state index in [9.17, 15) is 4.79 Å². The van der Waals surface area contributed by atoms with Crippen LogP contribution in [-0.2, 0) is 4.79 Å². The molecule has 1 rings (SSSR count). The molecule has 1 heterocycles. The molecule has 72 valence electrons. The fourth-order valence-corrected chi connectivity index (χ4v) is 1.00. The second kappa shape index (κ2) is 4.18. The molecule has 1 aromatic rings. The third-order valence-corrected chi connectivity index (χ3v) is 1.58. The van der Waals surface area contributed by atoms with Gasteiger partial charge in [-0.15, -0.1) is 5.10 Å². The number of aromatic nitrogens is 2. The molecular weight excluding hydrogens is 182 g/mol. The van der Waals surface area contributed by atoms with Crippen LogP contribution in [0, 0.1) is 11.3 Å². The Balaban J connectivity index is 2.95. The first-order valence-corrected chi connectivity index (χ1v) is 3.86. The van der Waals surface area contributed by atoms with Crippen molar-refractivity contribution in [2.75, 3.05) is 18.5 Å². The zero-order chi connectivity index (χ0) is 10.6. The normalized spacial score (nSPS) is 9.14. The zero-order valence-corrected chi connectivity index (χ0v) is 7.64. The van der Waals surface area contributed by atoms with E-state index in [0.717, 1.165) is 0 Å². The van der Waals surface area contributed by atoms with Crippen molar-refractivity contribution >= 4 is 11.7 Å². The lowest BCUT2D eigenvalue weighted by molar-refractivity contribution is -0.116. The summed E-state index contributed by atoms with van der Waals surface area (Å²) in [7, 11) is 1.62. The van der Waals surface area contributed by atoms with Crippen LogP contribution in [0.15, 0.2) is 12.3 Å². The standard InChI is InChI=1S/C8H9N5O/c1-13(5-7(10)14)8-6(4-9)2-3-11-12-8/h2-3H,5H2,1H3,(H2,10,14). The van der Waals surface area contributed by atoms with Gasteiger partial charge in [-0.3, -0.25) is 4.79 Å². The molecule has 0 bridgehead atoms. The lowest BCUT2D eigenvalue weighted by Gasteiger charge is -2.15. The number of likely N-dealkylation sites (N-methyl/N-ethyl adjacent to an activating group) is 1. The summed E-state index contributed by atoms with van der Waals surface area (Å²) in [6.45, 7) is 0.00731. The van der Waals surface area contributed by atoms with Gasteiger partial charge in [-0.1, -0.05) is 0 Å². The number of carbonyl (C=O) groups is 1. The molecule has 1 amide bonds. The molecule has 0 aliphatic rings. The molecule has 2 N–H and O–H groups in total. The second-order valence-corrected chi connectivity index (χ2v) is 2.70. The van der Waals surface area contributed by atoms with Gasteiger partial charge in [0.15, 0.2) is 5.82 Å². The summed E-state index contributed by atoms with van der Waals surface area (Å²) in [6.07, 6.45) is 1.42. The average molecular weight is 191 g/mol. The quantitative estimate of drug-likeness (QED) is 0.679. The maximum Gasteiger partial charge on any atom is 0.236 e. The van der Waals surface area contributed by atoms with Crippen LogP contribution in [-0.4, -0.2) is 29.7 Å². The Morgan fingerprint density at radius 3 is 3.07 bits per heavy atom. The Labute approximate surface area is 81.0 Å². The van der Waals surface area contributed by atoms with Crippen molar-refractivity contribution in [1.82, 2.24) is 10.2 Å². The number of primary amides is 1. The molecule has 0 aliphatic heterocycles. The predicted octanol–water partition coefficient (Wildman–Crippen LogP) is -0.730. The van der Waals surface area contributed by atoms with E-state index in [1.54, 1.807) is 7.05 Å². The minimum atomic E-state index is -0.484. The number of hydrogen-bond donors (Lipinski definition) is 1. The zero-order valence-electron chi connectivity index (χ0n) is 7.64. The Morgan fingerprint density at radius 2 is 2.50 bits per heavy atom. The van der Waals surface area contributed by atoms with E-state index >= 15 is 0 Å². The van der Waals surface area contributed by atoms with Gasteiger partial charge in [0.25, 0.3) is 0 Å². The largest absolute Gasteiger partial charge is 0.368 e. The lowest BCUT2D eigenvalue weighted by Crippen LogP contribution is -2.31. The van der Waals surface area contributed by atoms with Gasteiger partial charge in [0.2, 0.25) is 5.91 Å². The van der Waals surface area contributed by atoms with Gasteiger partial charge in [-0.05, 0) is 6.07 Å². The molecule has 0 unspecified atom stereocenters. The number of amides is 1. The summed E-state index contributed by atoms with van der Waals surface area (Å²) in [5.74, 6) is -0.129. The average Bonchev–Trinajstić information content (AvgIpc) is 2.16. The summed E-state index contributed by atoms with van der Waals surface area (Å²) in [5.41, 5.74) is 5.38. The third-order valence-electron chi connectivity index (χ3n) is 1.58. The Kier molecular flexibility index (Phi) is 2.97. The molecule has 0 aliphatic carbocycles. The minimum absolute atomic E-state index is 0.00731. The summed E-state index contributed by atoms with van der Waals surface area (Å²) in [5, 5.41) is 16.1. The van der Waals surface area contributed by atoms with Crippen molar-refractivity contribution in [2.45, 2.75) is 0 Å². The number of carbonyl (C=O) groups excluding carboxylic acids is 1. The summed E-state index contributed by atoms with van der Waals surface area (Å²) < 4.78 is 0. The topological polar surface area (TPSA) is 95.9 Å². The summed E-state index contributed by atoms with van der Waals surface area (Å²) >= 11 is 0. The van der Waals surface area contributed by atoms with Crippen LogP contribution < -0.4 is 10.6 Å². The van der Waals surface area contributed by atoms with E-state index in [-0.39, 0.29) is 6.54 Å².